The minimum absolute atomic E-state index is 0.112. The third kappa shape index (κ3) is 5.41. The van der Waals surface area contributed by atoms with Crippen molar-refractivity contribution >= 4 is 39.1 Å². The number of carbonyl (C=O) groups excluding carboxylic acids is 2. The molecule has 138 valence electrons. The number of rotatable bonds is 6. The summed E-state index contributed by atoms with van der Waals surface area (Å²) in [5, 5.41) is 5.81. The van der Waals surface area contributed by atoms with E-state index in [-0.39, 0.29) is 24.4 Å². The number of hydrogen-bond acceptors (Lipinski definition) is 2. The molecule has 0 heterocycles. The van der Waals surface area contributed by atoms with E-state index < -0.39 is 0 Å². The van der Waals surface area contributed by atoms with Crippen LogP contribution in [-0.4, -0.2) is 31.4 Å². The Kier molecular flexibility index (Phi) is 6.94. The number of quaternary nitrogens is 1. The molecule has 2 rings (SSSR count). The average Bonchev–Trinajstić information content (AvgIpc) is 2.60. The second-order valence-electron chi connectivity index (χ2n) is 6.54. The maximum Gasteiger partial charge on any atom is 0.282 e. The monoisotopic (exact) mass is 418 g/mol. The normalized spacial score (nSPS) is 13.0. The van der Waals surface area contributed by atoms with Crippen LogP contribution in [-0.2, 0) is 9.59 Å². The van der Waals surface area contributed by atoms with Gasteiger partial charge in [0.1, 0.15) is 0 Å². The van der Waals surface area contributed by atoms with Crippen LogP contribution in [0.15, 0.2) is 46.9 Å². The first kappa shape index (κ1) is 20.1. The Morgan fingerprint density at radius 1 is 1.08 bits per heavy atom. The maximum absolute atomic E-state index is 12.4. The quantitative estimate of drug-likeness (QED) is 0.674. The fourth-order valence-electron chi connectivity index (χ4n) is 2.49. The van der Waals surface area contributed by atoms with E-state index in [1.165, 1.54) is 0 Å². The van der Waals surface area contributed by atoms with E-state index in [0.717, 1.165) is 31.9 Å². The van der Waals surface area contributed by atoms with E-state index in [2.05, 4.69) is 26.6 Å². The highest BCUT2D eigenvalue weighted by atomic mass is 79.9. The van der Waals surface area contributed by atoms with Gasteiger partial charge in [-0.3, -0.25) is 9.59 Å². The lowest BCUT2D eigenvalue weighted by Gasteiger charge is -2.21. The second-order valence-corrected chi connectivity index (χ2v) is 7.45. The molecule has 0 aliphatic heterocycles. The first-order valence-electron chi connectivity index (χ1n) is 8.52. The van der Waals surface area contributed by atoms with Gasteiger partial charge in [0.15, 0.2) is 12.6 Å². The standard InChI is InChI=1S/C20H24BrN3O2/c1-13-6-5-7-18(14(13)2)23-19(25)12-24(4)15(3)20(26)22-17-10-8-16(21)9-11-17/h5-11,15H,12H2,1-4H3,(H,22,26)(H,23,25)/p+1/t15-/m0/s1. The van der Waals surface area contributed by atoms with Crippen molar-refractivity contribution in [3.05, 3.63) is 58.1 Å². The zero-order chi connectivity index (χ0) is 19.3. The van der Waals surface area contributed by atoms with Gasteiger partial charge in [-0.25, -0.2) is 0 Å². The number of anilines is 2. The Bertz CT molecular complexity index is 790. The molecular weight excluding hydrogens is 394 g/mol. The number of nitrogens with one attached hydrogen (secondary N) is 3. The molecule has 2 aromatic rings. The molecule has 1 unspecified atom stereocenters. The van der Waals surface area contributed by atoms with Crippen LogP contribution in [0.5, 0.6) is 0 Å². The van der Waals surface area contributed by atoms with Crippen LogP contribution in [0.1, 0.15) is 18.1 Å². The number of carbonyl (C=O) groups is 2. The summed E-state index contributed by atoms with van der Waals surface area (Å²) in [5.41, 5.74) is 3.73. The van der Waals surface area contributed by atoms with Crippen LogP contribution in [0, 0.1) is 13.8 Å². The Hall–Kier alpha value is -2.18. The van der Waals surface area contributed by atoms with Crippen molar-refractivity contribution in [2.45, 2.75) is 26.8 Å². The molecule has 0 spiro atoms. The highest BCUT2D eigenvalue weighted by Crippen LogP contribution is 2.17. The molecule has 6 heteroatoms. The van der Waals surface area contributed by atoms with Crippen molar-refractivity contribution in [3.63, 3.8) is 0 Å². The largest absolute Gasteiger partial charge is 0.321 e. The van der Waals surface area contributed by atoms with Crippen LogP contribution in [0.4, 0.5) is 11.4 Å². The van der Waals surface area contributed by atoms with E-state index in [0.29, 0.717) is 0 Å². The average molecular weight is 419 g/mol. The molecule has 3 N–H and O–H groups in total. The van der Waals surface area contributed by atoms with Gasteiger partial charge >= 0.3 is 0 Å². The lowest BCUT2D eigenvalue weighted by molar-refractivity contribution is -0.885. The van der Waals surface area contributed by atoms with E-state index in [1.807, 2.05) is 70.3 Å². The molecule has 26 heavy (non-hydrogen) atoms. The van der Waals surface area contributed by atoms with Crippen LogP contribution >= 0.6 is 15.9 Å². The second kappa shape index (κ2) is 8.96. The Morgan fingerprint density at radius 3 is 2.38 bits per heavy atom. The number of likely N-dealkylation sites (N-methyl/N-ethyl adjacent to an activating group) is 1. The summed E-state index contributed by atoms with van der Waals surface area (Å²) in [7, 11) is 1.84. The van der Waals surface area contributed by atoms with E-state index in [1.54, 1.807) is 0 Å². The fourth-order valence-corrected chi connectivity index (χ4v) is 2.76. The zero-order valence-electron chi connectivity index (χ0n) is 15.5. The molecule has 2 aromatic carbocycles. The summed E-state index contributed by atoms with van der Waals surface area (Å²) in [6.45, 7) is 6.02. The lowest BCUT2D eigenvalue weighted by Crippen LogP contribution is -3.14. The van der Waals surface area contributed by atoms with Crippen molar-refractivity contribution in [2.24, 2.45) is 0 Å². The Balaban J connectivity index is 1.91. The van der Waals surface area contributed by atoms with Gasteiger partial charge in [0, 0.05) is 15.8 Å². The molecule has 0 aliphatic rings. The minimum atomic E-state index is -0.358. The van der Waals surface area contributed by atoms with Gasteiger partial charge in [-0.2, -0.15) is 0 Å². The SMILES string of the molecule is Cc1cccc(NC(=O)C[NH+](C)[C@@H](C)C(=O)Nc2ccc(Br)cc2)c1C. The highest BCUT2D eigenvalue weighted by Gasteiger charge is 2.24. The molecule has 0 aromatic heterocycles. The zero-order valence-corrected chi connectivity index (χ0v) is 17.1. The van der Waals surface area contributed by atoms with Crippen LogP contribution < -0.4 is 15.5 Å². The first-order valence-corrected chi connectivity index (χ1v) is 9.32. The summed E-state index contributed by atoms with van der Waals surface area (Å²) >= 11 is 3.37. The molecule has 2 amide bonds. The number of hydrogen-bond donors (Lipinski definition) is 3. The van der Waals surface area contributed by atoms with Gasteiger partial charge < -0.3 is 15.5 Å². The third-order valence-corrected chi connectivity index (χ3v) is 5.09. The molecule has 0 fully saturated rings. The van der Waals surface area contributed by atoms with E-state index >= 15 is 0 Å². The Morgan fingerprint density at radius 2 is 1.73 bits per heavy atom. The third-order valence-electron chi connectivity index (χ3n) is 4.56. The fraction of sp³-hybridized carbons (Fsp3) is 0.300. The predicted molar refractivity (Wildman–Crippen MR) is 109 cm³/mol. The molecular formula is C20H25BrN3O2+. The first-order chi connectivity index (χ1) is 12.3. The predicted octanol–water partition coefficient (Wildman–Crippen LogP) is 2.55. The minimum Gasteiger partial charge on any atom is -0.321 e. The van der Waals surface area contributed by atoms with Crippen molar-refractivity contribution in [1.82, 2.24) is 0 Å². The summed E-state index contributed by atoms with van der Waals surface area (Å²) in [4.78, 5) is 25.6. The topological polar surface area (TPSA) is 62.6 Å². The summed E-state index contributed by atoms with van der Waals surface area (Å²) in [5.74, 6) is -0.233. The van der Waals surface area contributed by atoms with Crippen LogP contribution in [0.3, 0.4) is 0 Å². The smallest absolute Gasteiger partial charge is 0.282 e. The van der Waals surface area contributed by atoms with Crippen LogP contribution in [0.25, 0.3) is 0 Å². The molecule has 2 atom stereocenters. The van der Waals surface area contributed by atoms with Gasteiger partial charge in [0.05, 0.1) is 7.05 Å². The summed E-state index contributed by atoms with van der Waals surface area (Å²) < 4.78 is 0.953. The highest BCUT2D eigenvalue weighted by molar-refractivity contribution is 9.10. The van der Waals surface area contributed by atoms with Gasteiger partial charge in [-0.1, -0.05) is 28.1 Å². The molecule has 0 bridgehead atoms. The lowest BCUT2D eigenvalue weighted by atomic mass is 10.1. The summed E-state index contributed by atoms with van der Waals surface area (Å²) in [6.07, 6.45) is 0. The van der Waals surface area contributed by atoms with E-state index in [9.17, 15) is 9.59 Å². The number of benzene rings is 2. The number of halogens is 1. The molecule has 0 aliphatic carbocycles. The van der Waals surface area contributed by atoms with Crippen molar-refractivity contribution in [2.75, 3.05) is 24.2 Å². The van der Waals surface area contributed by atoms with E-state index in [4.69, 9.17) is 0 Å². The number of aryl methyl sites for hydroxylation is 1. The molecule has 0 saturated carbocycles. The van der Waals surface area contributed by atoms with Crippen molar-refractivity contribution < 1.29 is 14.5 Å². The number of amides is 2. The van der Waals surface area contributed by atoms with Crippen molar-refractivity contribution in [1.29, 1.82) is 0 Å². The molecule has 0 saturated heterocycles. The van der Waals surface area contributed by atoms with Gasteiger partial charge in [-0.05, 0) is 62.2 Å². The van der Waals surface area contributed by atoms with Gasteiger partial charge in [0.25, 0.3) is 11.8 Å². The van der Waals surface area contributed by atoms with Crippen molar-refractivity contribution in [3.8, 4) is 0 Å². The van der Waals surface area contributed by atoms with Gasteiger partial charge in [-0.15, -0.1) is 0 Å². The van der Waals surface area contributed by atoms with Crippen LogP contribution in [0.2, 0.25) is 0 Å². The van der Waals surface area contributed by atoms with Gasteiger partial charge in [0.2, 0.25) is 0 Å². The Labute approximate surface area is 162 Å². The maximum atomic E-state index is 12.4. The molecule has 0 radical (unpaired) electrons. The molecule has 5 nitrogen and oxygen atoms in total. The summed E-state index contributed by atoms with van der Waals surface area (Å²) in [6, 6.07) is 12.9.